The Morgan fingerprint density at radius 3 is 2.65 bits per heavy atom. The summed E-state index contributed by atoms with van der Waals surface area (Å²) in [4.78, 5) is 10.8. The summed E-state index contributed by atoms with van der Waals surface area (Å²) in [7, 11) is 0. The second-order valence-corrected chi connectivity index (χ2v) is 4.34. The van der Waals surface area contributed by atoms with E-state index in [0.717, 1.165) is 12.8 Å². The van der Waals surface area contributed by atoms with E-state index in [0.29, 0.717) is 31.2 Å². The molecular formula is C11H16N2O4. The second kappa shape index (κ2) is 5.27. The summed E-state index contributed by atoms with van der Waals surface area (Å²) in [6.07, 6.45) is 3.04. The molecule has 1 aromatic heterocycles. The van der Waals surface area contributed by atoms with Gasteiger partial charge >= 0.3 is 5.97 Å². The van der Waals surface area contributed by atoms with Crippen LogP contribution >= 0.6 is 0 Å². The van der Waals surface area contributed by atoms with Gasteiger partial charge in [-0.15, -0.1) is 10.2 Å². The van der Waals surface area contributed by atoms with Gasteiger partial charge in [0.2, 0.25) is 11.8 Å². The summed E-state index contributed by atoms with van der Waals surface area (Å²) < 4.78 is 10.8. The van der Waals surface area contributed by atoms with Crippen LogP contribution in [0.4, 0.5) is 0 Å². The fourth-order valence-electron chi connectivity index (χ4n) is 2.06. The van der Waals surface area contributed by atoms with Crippen LogP contribution in [0.1, 0.15) is 37.5 Å². The molecule has 1 N–H and O–H groups in total. The molecule has 1 aliphatic rings. The first-order valence-corrected chi connectivity index (χ1v) is 5.78. The molecule has 94 valence electrons. The standard InChI is InChI=1S/C11H16N2O4/c1-7-12-13-10(17-7)6-16-9-4-2-8(3-5-9)11(14)15/h8-9H,2-6H2,1H3,(H,14,15). The predicted octanol–water partition coefficient (Wildman–Crippen LogP) is 1.54. The minimum absolute atomic E-state index is 0.109. The first-order chi connectivity index (χ1) is 8.15. The summed E-state index contributed by atoms with van der Waals surface area (Å²) in [5, 5.41) is 16.4. The van der Waals surface area contributed by atoms with Gasteiger partial charge in [0.15, 0.2) is 0 Å². The van der Waals surface area contributed by atoms with Gasteiger partial charge in [0.1, 0.15) is 6.61 Å². The molecule has 0 radical (unpaired) electrons. The summed E-state index contributed by atoms with van der Waals surface area (Å²) in [6.45, 7) is 2.04. The normalized spacial score (nSPS) is 24.8. The minimum Gasteiger partial charge on any atom is -0.481 e. The van der Waals surface area contributed by atoms with E-state index in [1.54, 1.807) is 6.92 Å². The highest BCUT2D eigenvalue weighted by Crippen LogP contribution is 2.26. The van der Waals surface area contributed by atoms with Gasteiger partial charge in [0.05, 0.1) is 12.0 Å². The van der Waals surface area contributed by atoms with Gasteiger partial charge in [-0.25, -0.2) is 0 Å². The second-order valence-electron chi connectivity index (χ2n) is 4.34. The monoisotopic (exact) mass is 240 g/mol. The number of rotatable bonds is 4. The van der Waals surface area contributed by atoms with Crippen molar-refractivity contribution in [2.75, 3.05) is 0 Å². The first kappa shape index (κ1) is 12.0. The molecule has 0 bridgehead atoms. The molecule has 0 aliphatic heterocycles. The first-order valence-electron chi connectivity index (χ1n) is 5.78. The summed E-state index contributed by atoms with van der Waals surface area (Å²) in [5.74, 6) is 0.0949. The number of aliphatic carboxylic acids is 1. The average Bonchev–Trinajstić information content (AvgIpc) is 2.73. The fourth-order valence-corrected chi connectivity index (χ4v) is 2.06. The van der Waals surface area contributed by atoms with Crippen molar-refractivity contribution in [1.29, 1.82) is 0 Å². The van der Waals surface area contributed by atoms with Crippen LogP contribution in [0.5, 0.6) is 0 Å². The van der Waals surface area contributed by atoms with Gasteiger partial charge < -0.3 is 14.3 Å². The lowest BCUT2D eigenvalue weighted by molar-refractivity contribution is -0.144. The predicted molar refractivity (Wildman–Crippen MR) is 57.2 cm³/mol. The van der Waals surface area contributed by atoms with Gasteiger partial charge in [-0.2, -0.15) is 0 Å². The van der Waals surface area contributed by atoms with Crippen LogP contribution in [0.2, 0.25) is 0 Å². The lowest BCUT2D eigenvalue weighted by Crippen LogP contribution is -2.25. The van der Waals surface area contributed by atoms with Crippen LogP contribution in [0.25, 0.3) is 0 Å². The Morgan fingerprint density at radius 2 is 2.12 bits per heavy atom. The Bertz CT molecular complexity index is 383. The van der Waals surface area contributed by atoms with E-state index in [1.807, 2.05) is 0 Å². The smallest absolute Gasteiger partial charge is 0.306 e. The third-order valence-corrected chi connectivity index (χ3v) is 3.03. The fraction of sp³-hybridized carbons (Fsp3) is 0.727. The van der Waals surface area contributed by atoms with E-state index in [2.05, 4.69) is 10.2 Å². The zero-order valence-electron chi connectivity index (χ0n) is 9.76. The van der Waals surface area contributed by atoms with E-state index in [-0.39, 0.29) is 12.0 Å². The van der Waals surface area contributed by atoms with Crippen molar-refractivity contribution in [1.82, 2.24) is 10.2 Å². The molecule has 0 saturated heterocycles. The van der Waals surface area contributed by atoms with Crippen LogP contribution < -0.4 is 0 Å². The Balaban J connectivity index is 1.73. The number of aromatic nitrogens is 2. The van der Waals surface area contributed by atoms with Gasteiger partial charge in [-0.1, -0.05) is 0 Å². The van der Waals surface area contributed by atoms with Crippen LogP contribution in [-0.4, -0.2) is 27.4 Å². The molecular weight excluding hydrogens is 224 g/mol. The molecule has 0 aromatic carbocycles. The van der Waals surface area contributed by atoms with Crippen molar-refractivity contribution in [3.63, 3.8) is 0 Å². The van der Waals surface area contributed by atoms with Crippen LogP contribution in [-0.2, 0) is 16.1 Å². The lowest BCUT2D eigenvalue weighted by Gasteiger charge is -2.25. The van der Waals surface area contributed by atoms with Gasteiger partial charge in [0, 0.05) is 6.92 Å². The number of hydrogen-bond acceptors (Lipinski definition) is 5. The highest BCUT2D eigenvalue weighted by Gasteiger charge is 2.26. The highest BCUT2D eigenvalue weighted by molar-refractivity contribution is 5.70. The van der Waals surface area contributed by atoms with Crippen LogP contribution in [0, 0.1) is 12.8 Å². The van der Waals surface area contributed by atoms with E-state index in [1.165, 1.54) is 0 Å². The highest BCUT2D eigenvalue weighted by atomic mass is 16.5. The molecule has 1 fully saturated rings. The molecule has 0 unspecified atom stereocenters. The molecule has 17 heavy (non-hydrogen) atoms. The van der Waals surface area contributed by atoms with E-state index >= 15 is 0 Å². The van der Waals surface area contributed by atoms with Crippen LogP contribution in [0.15, 0.2) is 4.42 Å². The van der Waals surface area contributed by atoms with E-state index < -0.39 is 5.97 Å². The molecule has 1 heterocycles. The molecule has 1 saturated carbocycles. The quantitative estimate of drug-likeness (QED) is 0.859. The maximum Gasteiger partial charge on any atom is 0.306 e. The van der Waals surface area contributed by atoms with Crippen molar-refractivity contribution < 1.29 is 19.1 Å². The maximum atomic E-state index is 10.8. The number of carboxylic acid groups (broad SMARTS) is 1. The molecule has 1 aromatic rings. The van der Waals surface area contributed by atoms with Crippen molar-refractivity contribution in [3.8, 4) is 0 Å². The lowest BCUT2D eigenvalue weighted by atomic mass is 9.87. The van der Waals surface area contributed by atoms with Crippen molar-refractivity contribution in [3.05, 3.63) is 11.8 Å². The van der Waals surface area contributed by atoms with Crippen LogP contribution in [0.3, 0.4) is 0 Å². The Kier molecular flexibility index (Phi) is 3.73. The topological polar surface area (TPSA) is 85.5 Å². The third kappa shape index (κ3) is 3.26. The van der Waals surface area contributed by atoms with E-state index in [9.17, 15) is 4.79 Å². The molecule has 6 heteroatoms. The van der Waals surface area contributed by atoms with Crippen molar-refractivity contribution >= 4 is 5.97 Å². The third-order valence-electron chi connectivity index (χ3n) is 3.03. The molecule has 6 nitrogen and oxygen atoms in total. The summed E-state index contributed by atoms with van der Waals surface area (Å²) >= 11 is 0. The molecule has 0 spiro atoms. The number of ether oxygens (including phenoxy) is 1. The molecule has 0 amide bonds. The summed E-state index contributed by atoms with van der Waals surface area (Å²) in [5.41, 5.74) is 0. The van der Waals surface area contributed by atoms with Gasteiger partial charge in [-0.3, -0.25) is 4.79 Å². The number of carbonyl (C=O) groups is 1. The minimum atomic E-state index is -0.698. The molecule has 1 aliphatic carbocycles. The average molecular weight is 240 g/mol. The number of carboxylic acids is 1. The molecule has 0 atom stereocenters. The van der Waals surface area contributed by atoms with Crippen molar-refractivity contribution in [2.24, 2.45) is 5.92 Å². The number of nitrogens with zero attached hydrogens (tertiary/aromatic N) is 2. The van der Waals surface area contributed by atoms with Crippen molar-refractivity contribution in [2.45, 2.75) is 45.3 Å². The summed E-state index contributed by atoms with van der Waals surface area (Å²) in [6, 6.07) is 0. The zero-order valence-corrected chi connectivity index (χ0v) is 9.76. The molecule has 2 rings (SSSR count). The van der Waals surface area contributed by atoms with Gasteiger partial charge in [0.25, 0.3) is 0 Å². The SMILES string of the molecule is Cc1nnc(COC2CCC(C(=O)O)CC2)o1. The maximum absolute atomic E-state index is 10.8. The van der Waals surface area contributed by atoms with Gasteiger partial charge in [-0.05, 0) is 25.7 Å². The Labute approximate surface area is 99.0 Å². The largest absolute Gasteiger partial charge is 0.481 e. The number of aryl methyl sites for hydroxylation is 1. The Morgan fingerprint density at radius 1 is 1.41 bits per heavy atom. The number of hydrogen-bond donors (Lipinski definition) is 1. The Hall–Kier alpha value is -1.43. The van der Waals surface area contributed by atoms with E-state index in [4.69, 9.17) is 14.3 Å². The zero-order chi connectivity index (χ0) is 12.3.